The molecule has 4 atom stereocenters. The molecule has 8 rings (SSSR count). The van der Waals surface area contributed by atoms with Crippen LogP contribution < -0.4 is 4.90 Å². The van der Waals surface area contributed by atoms with Crippen molar-refractivity contribution >= 4 is 39.5 Å². The van der Waals surface area contributed by atoms with Crippen molar-refractivity contribution in [3.8, 4) is 0 Å². The summed E-state index contributed by atoms with van der Waals surface area (Å²) in [5.74, 6) is 1.17. The number of unbranched alkanes of at least 4 members (excludes halogenated alkanes) is 1. The van der Waals surface area contributed by atoms with Crippen molar-refractivity contribution in [3.63, 3.8) is 0 Å². The molecule has 0 saturated heterocycles. The van der Waals surface area contributed by atoms with Gasteiger partial charge in [-0.25, -0.2) is 0 Å². The number of para-hydroxylation sites is 1. The van der Waals surface area contributed by atoms with Gasteiger partial charge in [-0.05, 0) is 73.7 Å². The van der Waals surface area contributed by atoms with Gasteiger partial charge < -0.3 is 4.90 Å². The molecule has 0 spiro atoms. The Kier molecular flexibility index (Phi) is 9.11. The Balaban J connectivity index is 1.24. The molecular weight excluding hydrogens is 628 g/mol. The monoisotopic (exact) mass is 679 g/mol. The highest BCUT2D eigenvalue weighted by Gasteiger charge is 2.51. The van der Waals surface area contributed by atoms with Gasteiger partial charge in [0.1, 0.15) is 6.54 Å². The van der Waals surface area contributed by atoms with Crippen molar-refractivity contribution in [2.75, 3.05) is 18.5 Å². The van der Waals surface area contributed by atoms with Crippen molar-refractivity contribution in [2.45, 2.75) is 87.8 Å². The highest BCUT2D eigenvalue weighted by Crippen LogP contribution is 2.55. The molecule has 3 heteroatoms. The van der Waals surface area contributed by atoms with Gasteiger partial charge >= 0.3 is 0 Å². The summed E-state index contributed by atoms with van der Waals surface area (Å²) in [6, 6.07) is 33.8. The summed E-state index contributed by atoms with van der Waals surface area (Å²) in [5, 5.41) is 2.77. The summed E-state index contributed by atoms with van der Waals surface area (Å²) in [7, 11) is 2.23. The Morgan fingerprint density at radius 2 is 1.62 bits per heavy atom. The average molecular weight is 680 g/mol. The molecule has 4 aliphatic rings. The fourth-order valence-corrected chi connectivity index (χ4v) is 10.5. The Hall–Kier alpha value is -3.88. The average Bonchev–Trinajstić information content (AvgIpc) is 3.91. The molecule has 4 aromatic rings. The SMILES string of the molecule is CN1/C(=C/C=C/C2=[N+](CCCCC3CCCC3)c3c(ccc4ccccc34)C2(C)Cc2ccccc2)C(C)(C2C=CCC2Cl)c2ccccc21. The van der Waals surface area contributed by atoms with Gasteiger partial charge in [0.2, 0.25) is 5.69 Å². The molecule has 1 saturated carbocycles. The van der Waals surface area contributed by atoms with E-state index in [1.807, 2.05) is 0 Å². The third kappa shape index (κ3) is 5.69. The molecule has 0 radical (unpaired) electrons. The maximum atomic E-state index is 7.06. The maximum Gasteiger partial charge on any atom is 0.217 e. The molecule has 2 nitrogen and oxygen atoms in total. The predicted molar refractivity (Wildman–Crippen MR) is 213 cm³/mol. The molecule has 0 bridgehead atoms. The van der Waals surface area contributed by atoms with Crippen LogP contribution in [0.1, 0.15) is 81.9 Å². The van der Waals surface area contributed by atoms with Crippen molar-refractivity contribution in [1.29, 1.82) is 0 Å². The standard InChI is InChI=1S/C47H52ClN2/c1-46(33-35-20-5-4-6-21-35)40-31-30-36-22-9-10-23-37(36)45(40)50(32-14-13-19-34-17-7-8-18-34)43(46)28-16-29-44-47(2,38-25-15-26-41(38)48)39-24-11-12-27-42(39)49(44)3/h4-6,9-12,15-16,20-25,27-31,34,38,41H,7-8,13-14,17-19,26,32-33H2,1-3H3/q+1. The van der Waals surface area contributed by atoms with E-state index >= 15 is 0 Å². The number of rotatable bonds is 10. The van der Waals surface area contributed by atoms with Crippen LogP contribution in [0.5, 0.6) is 0 Å². The van der Waals surface area contributed by atoms with E-state index in [1.165, 1.54) is 95.2 Å². The van der Waals surface area contributed by atoms with E-state index in [0.717, 1.165) is 25.3 Å². The number of halogens is 1. The lowest BCUT2D eigenvalue weighted by Crippen LogP contribution is -2.37. The molecule has 1 fully saturated rings. The fraction of sp³-hybridized carbons (Fsp3) is 0.383. The van der Waals surface area contributed by atoms with Crippen LogP contribution in [-0.2, 0) is 17.3 Å². The Morgan fingerprint density at radius 1 is 0.860 bits per heavy atom. The lowest BCUT2D eigenvalue weighted by atomic mass is 9.70. The summed E-state index contributed by atoms with van der Waals surface area (Å²) in [5.41, 5.74) is 9.21. The van der Waals surface area contributed by atoms with Crippen LogP contribution in [0.2, 0.25) is 0 Å². The van der Waals surface area contributed by atoms with E-state index in [-0.39, 0.29) is 22.1 Å². The van der Waals surface area contributed by atoms with E-state index in [9.17, 15) is 0 Å². The minimum Gasteiger partial charge on any atom is -0.347 e. The Labute approximate surface area is 304 Å². The minimum absolute atomic E-state index is 0.0906. The summed E-state index contributed by atoms with van der Waals surface area (Å²) in [4.78, 5) is 2.40. The number of hydrogen-bond donors (Lipinski definition) is 0. The van der Waals surface area contributed by atoms with Gasteiger partial charge in [0.25, 0.3) is 0 Å². The van der Waals surface area contributed by atoms with Gasteiger partial charge in [0, 0.05) is 53.2 Å². The number of fused-ring (bicyclic) bond motifs is 4. The largest absolute Gasteiger partial charge is 0.347 e. The number of allylic oxidation sites excluding steroid dienone is 6. The number of likely N-dealkylation sites (N-methyl/N-ethyl adjacent to an activating group) is 1. The van der Waals surface area contributed by atoms with Crippen LogP contribution >= 0.6 is 11.6 Å². The van der Waals surface area contributed by atoms with Crippen LogP contribution in [0.15, 0.2) is 127 Å². The van der Waals surface area contributed by atoms with Gasteiger partial charge in [0.05, 0.1) is 10.8 Å². The summed E-state index contributed by atoms with van der Waals surface area (Å²) in [6.45, 7) is 5.94. The van der Waals surface area contributed by atoms with E-state index in [4.69, 9.17) is 11.6 Å². The van der Waals surface area contributed by atoms with Crippen LogP contribution in [0.3, 0.4) is 0 Å². The Morgan fingerprint density at radius 3 is 2.42 bits per heavy atom. The first-order chi connectivity index (χ1) is 24.4. The molecule has 0 amide bonds. The number of hydrogen-bond acceptors (Lipinski definition) is 1. The highest BCUT2D eigenvalue weighted by molar-refractivity contribution is 6.21. The predicted octanol–water partition coefficient (Wildman–Crippen LogP) is 11.8. The van der Waals surface area contributed by atoms with Crippen molar-refractivity contribution in [1.82, 2.24) is 0 Å². The van der Waals surface area contributed by atoms with Gasteiger partial charge in [0.15, 0.2) is 5.71 Å². The first-order valence-electron chi connectivity index (χ1n) is 19.1. The second-order valence-electron chi connectivity index (χ2n) is 15.8. The molecule has 0 aromatic heterocycles. The van der Waals surface area contributed by atoms with Crippen molar-refractivity contribution in [2.24, 2.45) is 11.8 Å². The number of alkyl halides is 1. The first-order valence-corrected chi connectivity index (χ1v) is 19.6. The molecule has 2 aliphatic carbocycles. The van der Waals surface area contributed by atoms with Crippen molar-refractivity contribution < 1.29 is 4.58 Å². The van der Waals surface area contributed by atoms with E-state index in [1.54, 1.807) is 0 Å². The lowest BCUT2D eigenvalue weighted by molar-refractivity contribution is -0.436. The van der Waals surface area contributed by atoms with E-state index < -0.39 is 0 Å². The maximum absolute atomic E-state index is 7.06. The molecule has 4 unspecified atom stereocenters. The van der Waals surface area contributed by atoms with Crippen LogP contribution in [-0.4, -0.2) is 29.3 Å². The first kappa shape index (κ1) is 33.3. The van der Waals surface area contributed by atoms with Gasteiger partial charge in [-0.15, -0.1) is 11.6 Å². The van der Waals surface area contributed by atoms with E-state index in [0.29, 0.717) is 0 Å². The molecule has 50 heavy (non-hydrogen) atoms. The quantitative estimate of drug-likeness (QED) is 0.0700. The Bertz CT molecular complexity index is 2000. The smallest absolute Gasteiger partial charge is 0.217 e. The molecule has 2 aliphatic heterocycles. The summed E-state index contributed by atoms with van der Waals surface area (Å²) in [6.07, 6.45) is 23.3. The van der Waals surface area contributed by atoms with Crippen LogP contribution in [0, 0.1) is 11.8 Å². The second kappa shape index (κ2) is 13.7. The third-order valence-corrected chi connectivity index (χ3v) is 13.2. The van der Waals surface area contributed by atoms with Crippen LogP contribution in [0.25, 0.3) is 10.8 Å². The molecule has 4 aromatic carbocycles. The molecule has 2 heterocycles. The zero-order valence-corrected chi connectivity index (χ0v) is 30.9. The summed E-state index contributed by atoms with van der Waals surface area (Å²) < 4.78 is 2.71. The molecule has 0 N–H and O–H groups in total. The number of nitrogens with zero attached hydrogens (tertiary/aromatic N) is 2. The number of benzene rings is 4. The van der Waals surface area contributed by atoms with Crippen LogP contribution in [0.4, 0.5) is 11.4 Å². The second-order valence-corrected chi connectivity index (χ2v) is 16.3. The third-order valence-electron chi connectivity index (χ3n) is 12.7. The van der Waals surface area contributed by atoms with Crippen molar-refractivity contribution in [3.05, 3.63) is 144 Å². The van der Waals surface area contributed by atoms with Gasteiger partial charge in [-0.2, -0.15) is 4.58 Å². The number of anilines is 1. The topological polar surface area (TPSA) is 6.25 Å². The molecular formula is C47H52ClN2+. The zero-order valence-electron chi connectivity index (χ0n) is 30.1. The summed E-state index contributed by atoms with van der Waals surface area (Å²) >= 11 is 7.06. The minimum atomic E-state index is -0.206. The highest BCUT2D eigenvalue weighted by atomic mass is 35.5. The fourth-order valence-electron chi connectivity index (χ4n) is 10.1. The lowest BCUT2D eigenvalue weighted by Gasteiger charge is -2.35. The van der Waals surface area contributed by atoms with Gasteiger partial charge in [-0.1, -0.05) is 129 Å². The van der Waals surface area contributed by atoms with E-state index in [2.05, 4.69) is 152 Å². The van der Waals surface area contributed by atoms with Gasteiger partial charge in [-0.3, -0.25) is 0 Å². The molecule has 256 valence electrons. The normalized spacial score (nSPS) is 27.0. The zero-order chi connectivity index (χ0) is 34.3.